The molecule has 0 bridgehead atoms. The molecule has 2 fully saturated rings. The molecule has 0 spiro atoms. The van der Waals surface area contributed by atoms with Crippen LogP contribution in [-0.2, 0) is 27.4 Å². The quantitative estimate of drug-likeness (QED) is 0.176. The van der Waals surface area contributed by atoms with Crippen LogP contribution in [0.4, 0.5) is 0 Å². The van der Waals surface area contributed by atoms with Crippen LogP contribution < -0.4 is 25.4 Å². The maximum Gasteiger partial charge on any atom is 0.323 e. The number of hydrogen-bond donors (Lipinski definition) is 3. The molecule has 1 amide bonds. The minimum absolute atomic E-state index is 0.0921. The van der Waals surface area contributed by atoms with Crippen LogP contribution in [0.5, 0.6) is 11.6 Å². The van der Waals surface area contributed by atoms with E-state index in [0.717, 1.165) is 17.5 Å². The van der Waals surface area contributed by atoms with Gasteiger partial charge in [0, 0.05) is 78.7 Å². The van der Waals surface area contributed by atoms with E-state index in [4.69, 9.17) is 42.4 Å². The maximum atomic E-state index is 11.8. The van der Waals surface area contributed by atoms with Gasteiger partial charge in [-0.05, 0) is 24.6 Å². The number of rotatable bonds is 12. The third kappa shape index (κ3) is 7.18. The monoisotopic (exact) mass is 676 g/mol. The Morgan fingerprint density at radius 3 is 2.55 bits per heavy atom. The van der Waals surface area contributed by atoms with Crippen molar-refractivity contribution < 1.29 is 23.8 Å². The van der Waals surface area contributed by atoms with E-state index < -0.39 is 0 Å². The van der Waals surface area contributed by atoms with Crippen molar-refractivity contribution in [3.8, 4) is 45.3 Å². The summed E-state index contributed by atoms with van der Waals surface area (Å²) in [6.07, 6.45) is 5.36. The molecule has 5 heterocycles. The Morgan fingerprint density at radius 2 is 1.81 bits per heavy atom. The number of nitrogens with one attached hydrogen (secondary N) is 3. The highest BCUT2D eigenvalue weighted by Crippen LogP contribution is 2.42. The van der Waals surface area contributed by atoms with E-state index in [0.29, 0.717) is 94.5 Å². The normalized spacial score (nSPS) is 17.4. The predicted octanol–water partition coefficient (Wildman–Crippen LogP) is 4.97. The smallest absolute Gasteiger partial charge is 0.323 e. The number of benzene rings is 1. The molecule has 0 radical (unpaired) electrons. The minimum Gasteiger partial charge on any atom is -0.495 e. The average molecular weight is 678 g/mol. The van der Waals surface area contributed by atoms with Crippen molar-refractivity contribution in [2.45, 2.75) is 44.4 Å². The fourth-order valence-electron chi connectivity index (χ4n) is 5.75. The van der Waals surface area contributed by atoms with E-state index in [1.165, 1.54) is 0 Å². The fraction of sp³-hybridized carbons (Fsp3) is 0.324. The number of aromatic nitrogens is 3. The lowest BCUT2D eigenvalue weighted by Crippen LogP contribution is -2.35. The molecule has 2 saturated heterocycles. The van der Waals surface area contributed by atoms with E-state index in [2.05, 4.69) is 25.9 Å². The number of hydrogen-bond acceptors (Lipinski definition) is 10. The third-order valence-electron chi connectivity index (χ3n) is 8.25. The van der Waals surface area contributed by atoms with Crippen LogP contribution in [0.15, 0.2) is 54.9 Å². The van der Waals surface area contributed by atoms with Crippen LogP contribution in [-0.4, -0.2) is 66.3 Å². The first kappa shape index (κ1) is 32.6. The molecule has 2 atom stereocenters. The van der Waals surface area contributed by atoms with Crippen LogP contribution in [0.25, 0.3) is 33.6 Å². The number of ether oxygens (including phenoxy) is 3. The molecule has 47 heavy (non-hydrogen) atoms. The Hall–Kier alpha value is -4.29. The first-order chi connectivity index (χ1) is 22.9. The number of amides is 1. The van der Waals surface area contributed by atoms with E-state index in [9.17, 15) is 9.59 Å². The van der Waals surface area contributed by atoms with Gasteiger partial charge in [0.1, 0.15) is 11.8 Å². The molecule has 244 valence electrons. The lowest BCUT2D eigenvalue weighted by molar-refractivity contribution is -0.139. The molecule has 3 aromatic heterocycles. The summed E-state index contributed by atoms with van der Waals surface area (Å²) < 4.78 is 16.3. The summed E-state index contributed by atoms with van der Waals surface area (Å²) in [5.74, 6) is 0.853. The molecule has 0 aliphatic carbocycles. The van der Waals surface area contributed by atoms with Crippen molar-refractivity contribution >= 4 is 35.1 Å². The van der Waals surface area contributed by atoms with Gasteiger partial charge >= 0.3 is 5.97 Å². The van der Waals surface area contributed by atoms with E-state index in [1.807, 2.05) is 42.5 Å². The number of nitrogens with zero attached hydrogens (tertiary/aromatic N) is 3. The standard InChI is InChI=1S/C34H34Cl2N6O5/c1-45-28-14-20(16-39-27(28)18-40-26-11-13-47-34(26)44)32-31(36)23(10-12-38-32)22-4-3-5-24(30(22)35)25-8-6-19(33(42-25)46-2)15-37-17-21-7-9-29(43)41-21/h3-6,8,10,12,14,16,21,26,37,40H,7,9,11,13,15,17-18H2,1-2H3,(H,41,43)/t21-,26-/m1/s1. The number of cyclic esters (lactones) is 1. The van der Waals surface area contributed by atoms with Gasteiger partial charge in [-0.3, -0.25) is 24.9 Å². The van der Waals surface area contributed by atoms with Gasteiger partial charge in [-0.1, -0.05) is 47.5 Å². The highest BCUT2D eigenvalue weighted by molar-refractivity contribution is 6.39. The summed E-state index contributed by atoms with van der Waals surface area (Å²) >= 11 is 14.0. The fourth-order valence-corrected chi connectivity index (χ4v) is 6.39. The second-order valence-corrected chi connectivity index (χ2v) is 12.0. The number of halogens is 2. The number of pyridine rings is 3. The van der Waals surface area contributed by atoms with E-state index in [-0.39, 0.29) is 24.0 Å². The molecular weight excluding hydrogens is 643 g/mol. The van der Waals surface area contributed by atoms with Crippen LogP contribution >= 0.6 is 23.2 Å². The SMILES string of the molecule is COc1cc(-c2nccc(-c3cccc(-c4ccc(CNC[C@H]5CCC(=O)N5)c(OC)n4)c3Cl)c2Cl)cnc1CN[C@@H]1CCOC1=O. The van der Waals surface area contributed by atoms with Crippen molar-refractivity contribution in [1.29, 1.82) is 0 Å². The van der Waals surface area contributed by atoms with Gasteiger partial charge in [-0.2, -0.15) is 0 Å². The van der Waals surface area contributed by atoms with Crippen molar-refractivity contribution in [2.24, 2.45) is 0 Å². The van der Waals surface area contributed by atoms with Crippen LogP contribution in [0.1, 0.15) is 30.5 Å². The Kier molecular flexibility index (Phi) is 10.2. The number of methoxy groups -OCH3 is 2. The largest absolute Gasteiger partial charge is 0.495 e. The first-order valence-electron chi connectivity index (χ1n) is 15.3. The number of carbonyl (C=O) groups excluding carboxylic acids is 2. The highest BCUT2D eigenvalue weighted by atomic mass is 35.5. The Bertz CT molecular complexity index is 1810. The van der Waals surface area contributed by atoms with Crippen molar-refractivity contribution in [1.82, 2.24) is 30.9 Å². The van der Waals surface area contributed by atoms with Gasteiger partial charge in [-0.15, -0.1) is 0 Å². The summed E-state index contributed by atoms with van der Waals surface area (Å²) in [5.41, 5.74) is 5.49. The zero-order valence-electron chi connectivity index (χ0n) is 25.9. The summed E-state index contributed by atoms with van der Waals surface area (Å²) in [4.78, 5) is 37.2. The zero-order valence-corrected chi connectivity index (χ0v) is 27.5. The molecule has 13 heteroatoms. The Morgan fingerprint density at radius 1 is 0.979 bits per heavy atom. The molecule has 6 rings (SSSR count). The van der Waals surface area contributed by atoms with Gasteiger partial charge in [0.15, 0.2) is 0 Å². The maximum absolute atomic E-state index is 11.8. The van der Waals surface area contributed by atoms with Crippen molar-refractivity contribution in [2.75, 3.05) is 27.4 Å². The van der Waals surface area contributed by atoms with Crippen LogP contribution in [0.2, 0.25) is 10.0 Å². The Balaban J connectivity index is 1.23. The minimum atomic E-state index is -0.362. The summed E-state index contributed by atoms with van der Waals surface area (Å²) in [6.45, 7) is 1.95. The molecule has 4 aromatic rings. The second-order valence-electron chi connectivity index (χ2n) is 11.2. The van der Waals surface area contributed by atoms with Gasteiger partial charge in [-0.25, -0.2) is 4.98 Å². The van der Waals surface area contributed by atoms with E-state index >= 15 is 0 Å². The molecule has 2 aliphatic heterocycles. The van der Waals surface area contributed by atoms with E-state index in [1.54, 1.807) is 26.6 Å². The Labute approximate surface area is 282 Å². The van der Waals surface area contributed by atoms with Gasteiger partial charge < -0.3 is 24.8 Å². The second kappa shape index (κ2) is 14.6. The molecule has 11 nitrogen and oxygen atoms in total. The number of carbonyl (C=O) groups is 2. The van der Waals surface area contributed by atoms with Crippen LogP contribution in [0.3, 0.4) is 0 Å². The zero-order chi connectivity index (χ0) is 32.9. The predicted molar refractivity (Wildman–Crippen MR) is 178 cm³/mol. The van der Waals surface area contributed by atoms with Gasteiger partial charge in [0.2, 0.25) is 11.8 Å². The molecular formula is C34H34Cl2N6O5. The highest BCUT2D eigenvalue weighted by Gasteiger charge is 2.26. The third-order valence-corrected chi connectivity index (χ3v) is 9.04. The van der Waals surface area contributed by atoms with Gasteiger partial charge in [0.05, 0.1) is 48.0 Å². The summed E-state index contributed by atoms with van der Waals surface area (Å²) in [7, 11) is 3.15. The van der Waals surface area contributed by atoms with Crippen molar-refractivity contribution in [3.63, 3.8) is 0 Å². The molecule has 2 aliphatic rings. The van der Waals surface area contributed by atoms with Crippen LogP contribution in [0, 0.1) is 0 Å². The average Bonchev–Trinajstić information content (AvgIpc) is 3.70. The molecule has 0 unspecified atom stereocenters. The van der Waals surface area contributed by atoms with Gasteiger partial charge in [0.25, 0.3) is 0 Å². The summed E-state index contributed by atoms with van der Waals surface area (Å²) in [5, 5.41) is 10.4. The topological polar surface area (TPSA) is 137 Å². The lowest BCUT2D eigenvalue weighted by Gasteiger charge is -2.16. The molecule has 0 saturated carbocycles. The summed E-state index contributed by atoms with van der Waals surface area (Å²) in [6, 6.07) is 13.0. The number of esters is 1. The first-order valence-corrected chi connectivity index (χ1v) is 16.0. The van der Waals surface area contributed by atoms with Crippen molar-refractivity contribution in [3.05, 3.63) is 76.2 Å². The molecule has 1 aromatic carbocycles. The molecule has 3 N–H and O–H groups in total. The lowest BCUT2D eigenvalue weighted by atomic mass is 9.99.